The molecule has 1 aromatic heterocycles. The Bertz CT molecular complexity index is 960. The molecule has 0 atom stereocenters. The van der Waals surface area contributed by atoms with Crippen LogP contribution in [0.15, 0.2) is 54.6 Å². The molecule has 2 fully saturated rings. The van der Waals surface area contributed by atoms with E-state index in [1.165, 1.54) is 51.4 Å². The minimum atomic E-state index is 0.442. The van der Waals surface area contributed by atoms with E-state index in [9.17, 15) is 0 Å². The van der Waals surface area contributed by atoms with Crippen LogP contribution < -0.4 is 15.0 Å². The van der Waals surface area contributed by atoms with E-state index in [-0.39, 0.29) is 0 Å². The van der Waals surface area contributed by atoms with Crippen molar-refractivity contribution in [3.63, 3.8) is 0 Å². The molecule has 1 saturated heterocycles. The second-order valence-electron chi connectivity index (χ2n) is 8.76. The molecule has 0 bridgehead atoms. The lowest BCUT2D eigenvalue weighted by atomic mass is 9.89. The van der Waals surface area contributed by atoms with E-state index in [0.717, 1.165) is 42.0 Å². The van der Waals surface area contributed by atoms with Gasteiger partial charge in [-0.25, -0.2) is 0 Å². The Balaban J connectivity index is 1.35. The van der Waals surface area contributed by atoms with Crippen LogP contribution in [0, 0.1) is 0 Å². The Hall–Kier alpha value is -3.15. The summed E-state index contributed by atoms with van der Waals surface area (Å²) in [5.74, 6) is 4.48. The second kappa shape index (κ2) is 9.98. The van der Waals surface area contributed by atoms with E-state index < -0.39 is 0 Å². The fraction of sp³-hybridized carbons (Fsp3) is 0.423. The smallest absolute Gasteiger partial charge is 0.232 e. The van der Waals surface area contributed by atoms with Crippen LogP contribution in [0.5, 0.6) is 11.5 Å². The molecule has 1 aliphatic carbocycles. The van der Waals surface area contributed by atoms with E-state index >= 15 is 0 Å². The number of rotatable bonds is 6. The molecule has 0 amide bonds. The Morgan fingerprint density at radius 3 is 2.16 bits per heavy atom. The molecule has 166 valence electrons. The Kier molecular flexibility index (Phi) is 6.47. The van der Waals surface area contributed by atoms with Gasteiger partial charge >= 0.3 is 0 Å². The summed E-state index contributed by atoms with van der Waals surface area (Å²) in [6.07, 6.45) is 9.90. The minimum Gasteiger partial charge on any atom is -0.457 e. The van der Waals surface area contributed by atoms with Gasteiger partial charge in [-0.15, -0.1) is 0 Å². The molecule has 6 nitrogen and oxygen atoms in total. The molecular weight excluding hydrogens is 398 g/mol. The van der Waals surface area contributed by atoms with Gasteiger partial charge in [0, 0.05) is 24.7 Å². The highest BCUT2D eigenvalue weighted by Gasteiger charge is 2.22. The number of para-hydroxylation sites is 1. The first kappa shape index (κ1) is 20.7. The van der Waals surface area contributed by atoms with E-state index in [1.807, 2.05) is 54.6 Å². The number of hydrogen-bond acceptors (Lipinski definition) is 6. The summed E-state index contributed by atoms with van der Waals surface area (Å²) in [5.41, 5.74) is 0.941. The zero-order chi connectivity index (χ0) is 21.6. The summed E-state index contributed by atoms with van der Waals surface area (Å²) in [6, 6.07) is 17.7. The molecule has 6 heteroatoms. The molecule has 1 saturated carbocycles. The third-order valence-electron chi connectivity index (χ3n) is 6.34. The summed E-state index contributed by atoms with van der Waals surface area (Å²) in [5, 5.41) is 3.41. The number of anilines is 3. The van der Waals surface area contributed by atoms with E-state index in [2.05, 4.69) is 10.2 Å². The number of hydrogen-bond donors (Lipinski definition) is 1. The summed E-state index contributed by atoms with van der Waals surface area (Å²) in [4.78, 5) is 16.9. The van der Waals surface area contributed by atoms with Gasteiger partial charge in [0.25, 0.3) is 0 Å². The van der Waals surface area contributed by atoms with Gasteiger partial charge < -0.3 is 15.0 Å². The van der Waals surface area contributed by atoms with Crippen LogP contribution in [0.4, 0.5) is 17.6 Å². The summed E-state index contributed by atoms with van der Waals surface area (Å²) < 4.78 is 5.90. The Morgan fingerprint density at radius 2 is 1.41 bits per heavy atom. The standard InChI is InChI=1S/C26H31N5O/c1-4-10-20(11-5-1)24-28-25(30-26(29-24)31-18-8-3-9-19-31)27-21-14-16-23(17-15-21)32-22-12-6-2-7-13-22/h2,6-7,12-17,20H,1,3-5,8-11,18-19H2,(H,27,28,29,30). The lowest BCUT2D eigenvalue weighted by Gasteiger charge is -2.28. The first-order valence-corrected chi connectivity index (χ1v) is 11.9. The molecule has 2 aliphatic rings. The molecule has 32 heavy (non-hydrogen) atoms. The average Bonchev–Trinajstić information content (AvgIpc) is 2.87. The second-order valence-corrected chi connectivity index (χ2v) is 8.76. The lowest BCUT2D eigenvalue weighted by Crippen LogP contribution is -2.31. The van der Waals surface area contributed by atoms with Gasteiger partial charge in [0.1, 0.15) is 17.3 Å². The van der Waals surface area contributed by atoms with Crippen LogP contribution in [0.3, 0.4) is 0 Å². The van der Waals surface area contributed by atoms with Crippen molar-refractivity contribution < 1.29 is 4.74 Å². The molecule has 0 spiro atoms. The number of nitrogens with one attached hydrogen (secondary N) is 1. The fourth-order valence-electron chi connectivity index (χ4n) is 4.58. The highest BCUT2D eigenvalue weighted by atomic mass is 16.5. The average molecular weight is 430 g/mol. The Morgan fingerprint density at radius 1 is 0.719 bits per heavy atom. The third kappa shape index (κ3) is 5.18. The molecular formula is C26H31N5O. The molecule has 3 aromatic rings. The molecule has 2 aromatic carbocycles. The van der Waals surface area contributed by atoms with Crippen LogP contribution >= 0.6 is 0 Å². The first-order valence-electron chi connectivity index (χ1n) is 11.9. The number of aromatic nitrogens is 3. The van der Waals surface area contributed by atoms with Crippen molar-refractivity contribution in [1.29, 1.82) is 0 Å². The maximum atomic E-state index is 5.90. The topological polar surface area (TPSA) is 63.2 Å². The predicted molar refractivity (Wildman–Crippen MR) is 128 cm³/mol. The summed E-state index contributed by atoms with van der Waals surface area (Å²) in [6.45, 7) is 2.05. The van der Waals surface area contributed by atoms with Crippen molar-refractivity contribution in [3.05, 3.63) is 60.4 Å². The highest BCUT2D eigenvalue weighted by Crippen LogP contribution is 2.32. The molecule has 0 radical (unpaired) electrons. The highest BCUT2D eigenvalue weighted by molar-refractivity contribution is 5.56. The van der Waals surface area contributed by atoms with Gasteiger partial charge in [0.15, 0.2) is 0 Å². The van der Waals surface area contributed by atoms with Gasteiger partial charge in [-0.3, -0.25) is 0 Å². The third-order valence-corrected chi connectivity index (χ3v) is 6.34. The van der Waals surface area contributed by atoms with Gasteiger partial charge in [-0.05, 0) is 68.5 Å². The van der Waals surface area contributed by atoms with Crippen LogP contribution in [0.2, 0.25) is 0 Å². The fourth-order valence-corrected chi connectivity index (χ4v) is 4.58. The van der Waals surface area contributed by atoms with Crippen LogP contribution in [-0.4, -0.2) is 28.0 Å². The maximum absolute atomic E-state index is 5.90. The zero-order valence-corrected chi connectivity index (χ0v) is 18.5. The van der Waals surface area contributed by atoms with Crippen molar-refractivity contribution in [3.8, 4) is 11.5 Å². The van der Waals surface area contributed by atoms with Crippen molar-refractivity contribution in [2.24, 2.45) is 0 Å². The van der Waals surface area contributed by atoms with Crippen molar-refractivity contribution in [2.45, 2.75) is 57.3 Å². The monoisotopic (exact) mass is 429 g/mol. The van der Waals surface area contributed by atoms with Crippen molar-refractivity contribution >= 4 is 17.6 Å². The van der Waals surface area contributed by atoms with Gasteiger partial charge in [-0.1, -0.05) is 37.5 Å². The number of nitrogens with zero attached hydrogens (tertiary/aromatic N) is 4. The summed E-state index contributed by atoms with van der Waals surface area (Å²) >= 11 is 0. The SMILES string of the molecule is c1ccc(Oc2ccc(Nc3nc(C4CCCCC4)nc(N4CCCCC4)n3)cc2)cc1. The van der Waals surface area contributed by atoms with Crippen molar-refractivity contribution in [1.82, 2.24) is 15.0 Å². The molecule has 5 rings (SSSR count). The summed E-state index contributed by atoms with van der Waals surface area (Å²) in [7, 11) is 0. The molecule has 1 aliphatic heterocycles. The van der Waals surface area contributed by atoms with Crippen LogP contribution in [0.25, 0.3) is 0 Å². The quantitative estimate of drug-likeness (QED) is 0.486. The molecule has 0 unspecified atom stereocenters. The van der Waals surface area contributed by atoms with Gasteiger partial charge in [0.2, 0.25) is 11.9 Å². The van der Waals surface area contributed by atoms with E-state index in [1.54, 1.807) is 0 Å². The van der Waals surface area contributed by atoms with Crippen LogP contribution in [-0.2, 0) is 0 Å². The van der Waals surface area contributed by atoms with E-state index in [4.69, 9.17) is 19.7 Å². The normalized spacial score (nSPS) is 17.2. The van der Waals surface area contributed by atoms with Gasteiger partial charge in [-0.2, -0.15) is 15.0 Å². The lowest BCUT2D eigenvalue weighted by molar-refractivity contribution is 0.427. The largest absolute Gasteiger partial charge is 0.457 e. The number of benzene rings is 2. The molecule has 1 N–H and O–H groups in total. The first-order chi connectivity index (χ1) is 15.8. The predicted octanol–water partition coefficient (Wildman–Crippen LogP) is 6.45. The Labute approximate surface area is 190 Å². The van der Waals surface area contributed by atoms with Gasteiger partial charge in [0.05, 0.1) is 0 Å². The maximum Gasteiger partial charge on any atom is 0.232 e. The van der Waals surface area contributed by atoms with Crippen LogP contribution in [0.1, 0.15) is 63.1 Å². The minimum absolute atomic E-state index is 0.442. The van der Waals surface area contributed by atoms with Crippen molar-refractivity contribution in [2.75, 3.05) is 23.3 Å². The number of ether oxygens (including phenoxy) is 1. The van der Waals surface area contributed by atoms with E-state index in [0.29, 0.717) is 11.9 Å². The molecule has 2 heterocycles. The number of piperidine rings is 1. The zero-order valence-electron chi connectivity index (χ0n) is 18.5.